The van der Waals surface area contributed by atoms with Crippen LogP contribution in [0.25, 0.3) is 0 Å². The number of guanidine groups is 1. The smallest absolute Gasteiger partial charge is 0.191 e. The van der Waals surface area contributed by atoms with Crippen molar-refractivity contribution in [3.8, 4) is 0 Å². The number of hydrogen-bond acceptors (Lipinski definition) is 5. The summed E-state index contributed by atoms with van der Waals surface area (Å²) in [7, 11) is 1.71. The van der Waals surface area contributed by atoms with Crippen LogP contribution in [0.5, 0.6) is 0 Å². The summed E-state index contributed by atoms with van der Waals surface area (Å²) < 4.78 is 13.9. The van der Waals surface area contributed by atoms with E-state index in [0.29, 0.717) is 47.3 Å². The molecule has 0 radical (unpaired) electrons. The second-order valence-corrected chi connectivity index (χ2v) is 7.14. The van der Waals surface area contributed by atoms with Crippen LogP contribution in [-0.4, -0.2) is 55.2 Å². The molecule has 0 aliphatic carbocycles. The number of halogens is 4. The lowest BCUT2D eigenvalue weighted by atomic mass is 10.3. The van der Waals surface area contributed by atoms with Gasteiger partial charge in [0.05, 0.1) is 10.0 Å². The lowest BCUT2D eigenvalue weighted by molar-refractivity contribution is 0.612. The Morgan fingerprint density at radius 3 is 2.90 bits per heavy atom. The first kappa shape index (κ1) is 23.7. The van der Waals surface area contributed by atoms with Gasteiger partial charge in [-0.05, 0) is 24.6 Å². The molecule has 3 N–H and O–H groups in total. The van der Waals surface area contributed by atoms with Gasteiger partial charge in [-0.15, -0.1) is 24.0 Å². The van der Waals surface area contributed by atoms with Crippen LogP contribution in [0.4, 0.5) is 16.0 Å². The zero-order chi connectivity index (χ0) is 19.9. The van der Waals surface area contributed by atoms with Crippen LogP contribution in [0.1, 0.15) is 6.42 Å². The quantitative estimate of drug-likeness (QED) is 0.220. The van der Waals surface area contributed by atoms with E-state index in [1.165, 1.54) is 6.07 Å². The summed E-state index contributed by atoms with van der Waals surface area (Å²) in [6.07, 6.45) is 4.02. The molecule has 1 atom stereocenters. The first-order valence-corrected chi connectivity index (χ1v) is 9.70. The Kier molecular flexibility index (Phi) is 9.44. The normalized spacial score (nSPS) is 16.3. The highest BCUT2D eigenvalue weighted by atomic mass is 127. The minimum Gasteiger partial charge on any atom is -0.367 e. The monoisotopic (exact) mass is 553 g/mol. The Morgan fingerprint density at radius 2 is 2.17 bits per heavy atom. The molecule has 1 unspecified atom stereocenters. The molecular formula is C18H23Cl2FIN7. The molecule has 1 fully saturated rings. The summed E-state index contributed by atoms with van der Waals surface area (Å²) in [5, 5.41) is 10.7. The summed E-state index contributed by atoms with van der Waals surface area (Å²) in [6, 6.07) is 4.82. The summed E-state index contributed by atoms with van der Waals surface area (Å²) in [6.45, 7) is 2.62. The predicted octanol–water partition coefficient (Wildman–Crippen LogP) is 3.40. The SMILES string of the molecule is CN=C(NCCNc1ncc(Cl)cc1Cl)NC1CCN(c2ncccc2F)C1.I. The fourth-order valence-corrected chi connectivity index (χ4v) is 3.42. The molecule has 29 heavy (non-hydrogen) atoms. The van der Waals surface area contributed by atoms with Gasteiger partial charge in [-0.2, -0.15) is 0 Å². The molecule has 7 nitrogen and oxygen atoms in total. The Hall–Kier alpha value is -1.59. The molecule has 0 aromatic carbocycles. The van der Waals surface area contributed by atoms with Gasteiger partial charge in [0, 0.05) is 51.7 Å². The number of hydrogen-bond donors (Lipinski definition) is 3. The van der Waals surface area contributed by atoms with Gasteiger partial charge in [-0.3, -0.25) is 4.99 Å². The van der Waals surface area contributed by atoms with E-state index in [1.807, 2.05) is 4.90 Å². The number of pyridine rings is 2. The van der Waals surface area contributed by atoms with Gasteiger partial charge >= 0.3 is 0 Å². The van der Waals surface area contributed by atoms with Crippen molar-refractivity contribution >= 4 is 64.8 Å². The third kappa shape index (κ3) is 6.71. The molecule has 0 saturated carbocycles. The molecule has 1 aliphatic rings. The second kappa shape index (κ2) is 11.6. The maximum atomic E-state index is 13.9. The van der Waals surface area contributed by atoms with E-state index in [0.717, 1.165) is 13.0 Å². The van der Waals surface area contributed by atoms with Crippen LogP contribution in [0.3, 0.4) is 0 Å². The first-order valence-electron chi connectivity index (χ1n) is 8.94. The fraction of sp³-hybridized carbons (Fsp3) is 0.389. The zero-order valence-electron chi connectivity index (χ0n) is 15.8. The minimum absolute atomic E-state index is 0. The van der Waals surface area contributed by atoms with Gasteiger partial charge < -0.3 is 20.9 Å². The average Bonchev–Trinajstić information content (AvgIpc) is 3.14. The van der Waals surface area contributed by atoms with Gasteiger partial charge in [-0.25, -0.2) is 14.4 Å². The number of aliphatic imine (C=N–C) groups is 1. The van der Waals surface area contributed by atoms with E-state index in [9.17, 15) is 4.39 Å². The van der Waals surface area contributed by atoms with Gasteiger partial charge in [-0.1, -0.05) is 23.2 Å². The summed E-state index contributed by atoms with van der Waals surface area (Å²) >= 11 is 11.9. The van der Waals surface area contributed by atoms with Crippen molar-refractivity contribution in [2.24, 2.45) is 4.99 Å². The Balaban J connectivity index is 0.00000300. The zero-order valence-corrected chi connectivity index (χ0v) is 19.7. The second-order valence-electron chi connectivity index (χ2n) is 6.29. The van der Waals surface area contributed by atoms with Crippen LogP contribution >= 0.6 is 47.2 Å². The van der Waals surface area contributed by atoms with Gasteiger partial charge in [0.1, 0.15) is 5.82 Å². The molecular weight excluding hydrogens is 531 g/mol. The summed E-state index contributed by atoms with van der Waals surface area (Å²) in [5.41, 5.74) is 0. The number of rotatable bonds is 6. The van der Waals surface area contributed by atoms with Gasteiger partial charge in [0.2, 0.25) is 0 Å². The number of aromatic nitrogens is 2. The first-order chi connectivity index (χ1) is 13.6. The number of anilines is 2. The van der Waals surface area contributed by atoms with E-state index < -0.39 is 0 Å². The van der Waals surface area contributed by atoms with Crippen molar-refractivity contribution in [3.63, 3.8) is 0 Å². The van der Waals surface area contributed by atoms with Crippen LogP contribution in [0.2, 0.25) is 10.0 Å². The van der Waals surface area contributed by atoms with Crippen molar-refractivity contribution in [1.82, 2.24) is 20.6 Å². The highest BCUT2D eigenvalue weighted by Crippen LogP contribution is 2.22. The van der Waals surface area contributed by atoms with Crippen molar-refractivity contribution in [1.29, 1.82) is 0 Å². The van der Waals surface area contributed by atoms with Crippen LogP contribution < -0.4 is 20.9 Å². The molecule has 0 spiro atoms. The third-order valence-corrected chi connectivity index (χ3v) is 4.80. The highest BCUT2D eigenvalue weighted by Gasteiger charge is 2.25. The number of nitrogens with zero attached hydrogens (tertiary/aromatic N) is 4. The molecule has 0 bridgehead atoms. The van der Waals surface area contributed by atoms with Crippen LogP contribution in [-0.2, 0) is 0 Å². The molecule has 3 heterocycles. The van der Waals surface area contributed by atoms with E-state index >= 15 is 0 Å². The number of nitrogens with one attached hydrogen (secondary N) is 3. The maximum absolute atomic E-state index is 13.9. The lowest BCUT2D eigenvalue weighted by Gasteiger charge is -2.20. The molecule has 1 saturated heterocycles. The summed E-state index contributed by atoms with van der Waals surface area (Å²) in [5.74, 6) is 1.36. The Labute approximate surface area is 196 Å². The van der Waals surface area contributed by atoms with Gasteiger partial charge in [0.25, 0.3) is 0 Å². The lowest BCUT2D eigenvalue weighted by Crippen LogP contribution is -2.45. The average molecular weight is 554 g/mol. The van der Waals surface area contributed by atoms with E-state index in [2.05, 4.69) is 30.9 Å². The van der Waals surface area contributed by atoms with Crippen LogP contribution in [0, 0.1) is 5.82 Å². The van der Waals surface area contributed by atoms with Crippen molar-refractivity contribution < 1.29 is 4.39 Å². The fourth-order valence-electron chi connectivity index (χ4n) is 2.97. The standard InChI is InChI=1S/C18H22Cl2FN7.HI/c1-22-18(25-7-6-23-16-14(20)9-12(19)10-26-16)27-13-4-8-28(11-13)17-15(21)3-2-5-24-17;/h2-3,5,9-10,13H,4,6-8,11H2,1H3,(H,23,26)(H2,22,25,27);1H. The molecule has 0 amide bonds. The van der Waals surface area contributed by atoms with Crippen LogP contribution in [0.15, 0.2) is 35.6 Å². The maximum Gasteiger partial charge on any atom is 0.191 e. The highest BCUT2D eigenvalue weighted by molar-refractivity contribution is 14.0. The molecule has 2 aromatic heterocycles. The van der Waals surface area contributed by atoms with Crippen molar-refractivity contribution in [2.45, 2.75) is 12.5 Å². The molecule has 1 aliphatic heterocycles. The molecule has 158 valence electrons. The van der Waals surface area contributed by atoms with Crippen molar-refractivity contribution in [2.75, 3.05) is 43.4 Å². The molecule has 3 rings (SSSR count). The Bertz CT molecular complexity index is 840. The van der Waals surface area contributed by atoms with E-state index in [-0.39, 0.29) is 35.8 Å². The topological polar surface area (TPSA) is 77.5 Å². The largest absolute Gasteiger partial charge is 0.367 e. The van der Waals surface area contributed by atoms with E-state index in [1.54, 1.807) is 31.6 Å². The molecule has 11 heteroatoms. The predicted molar refractivity (Wildman–Crippen MR) is 127 cm³/mol. The van der Waals surface area contributed by atoms with Crippen molar-refractivity contribution in [3.05, 3.63) is 46.5 Å². The Morgan fingerprint density at radius 1 is 1.34 bits per heavy atom. The van der Waals surface area contributed by atoms with Gasteiger partial charge in [0.15, 0.2) is 17.6 Å². The van der Waals surface area contributed by atoms with E-state index in [4.69, 9.17) is 23.2 Å². The summed E-state index contributed by atoms with van der Waals surface area (Å²) in [4.78, 5) is 14.5. The minimum atomic E-state index is -0.300. The molecule has 2 aromatic rings. The third-order valence-electron chi connectivity index (χ3n) is 4.31.